The fourth-order valence-corrected chi connectivity index (χ4v) is 8.47. The number of halogens is 7. The minimum atomic E-state index is -10.2. The van der Waals surface area contributed by atoms with E-state index in [-0.39, 0.29) is 22.4 Å². The van der Waals surface area contributed by atoms with Gasteiger partial charge in [-0.3, -0.25) is 0 Å². The molecule has 1 aliphatic rings. The standard InChI is InChI=1S/C19H23Cl2F5N6O4S3/c1-37(33,34)32(38(2,35)36)18-16(12-27)29-31(19(18)28-6-9-30-7-4-3-5-8-30)17-14(20)10-13(11-15(17)21)39(22,23,24,25)26/h10-11,28H,3-9H2,1-2H3. The quantitative estimate of drug-likeness (QED) is 0.358. The van der Waals surface area contributed by atoms with Gasteiger partial charge in [0.1, 0.15) is 22.3 Å². The van der Waals surface area contributed by atoms with Crippen LogP contribution in [0, 0.1) is 11.3 Å². The third kappa shape index (κ3) is 7.19. The van der Waals surface area contributed by atoms with Gasteiger partial charge in [0.2, 0.25) is 20.0 Å². The number of hydrogen-bond donors (Lipinski definition) is 1. The van der Waals surface area contributed by atoms with Crippen LogP contribution < -0.4 is 9.03 Å². The lowest BCUT2D eigenvalue weighted by molar-refractivity contribution is 0.237. The van der Waals surface area contributed by atoms with E-state index in [0.717, 1.165) is 32.4 Å². The van der Waals surface area contributed by atoms with Gasteiger partial charge in [-0.15, -0.1) is 0 Å². The van der Waals surface area contributed by atoms with Crippen molar-refractivity contribution >= 4 is 65.0 Å². The number of likely N-dealkylation sites (tertiary alicyclic amines) is 1. The summed E-state index contributed by atoms with van der Waals surface area (Å²) >= 11 is 11.9. The van der Waals surface area contributed by atoms with Crippen LogP contribution in [0.25, 0.3) is 5.69 Å². The first-order valence-corrected chi connectivity index (χ1v) is 17.4. The van der Waals surface area contributed by atoms with Crippen LogP contribution in [0.3, 0.4) is 0 Å². The average molecular weight is 662 g/mol. The zero-order chi connectivity index (χ0) is 29.7. The van der Waals surface area contributed by atoms with Gasteiger partial charge in [0, 0.05) is 13.1 Å². The maximum atomic E-state index is 13.4. The molecule has 2 heterocycles. The van der Waals surface area contributed by atoms with Crippen LogP contribution in [0.2, 0.25) is 10.0 Å². The van der Waals surface area contributed by atoms with Crippen molar-refractivity contribution in [3.05, 3.63) is 27.9 Å². The van der Waals surface area contributed by atoms with E-state index in [2.05, 4.69) is 15.3 Å². The molecule has 1 fully saturated rings. The van der Waals surface area contributed by atoms with Gasteiger partial charge in [0.05, 0.1) is 22.6 Å². The van der Waals surface area contributed by atoms with Crippen LogP contribution in [-0.2, 0) is 20.0 Å². The second-order valence-electron chi connectivity index (χ2n) is 8.83. The number of piperidine rings is 1. The molecule has 1 aliphatic heterocycles. The van der Waals surface area contributed by atoms with Crippen molar-refractivity contribution in [2.45, 2.75) is 24.2 Å². The predicted octanol–water partition coefficient (Wildman–Crippen LogP) is 5.33. The third-order valence-corrected chi connectivity index (χ3v) is 10.5. The first kappa shape index (κ1) is 31.5. The van der Waals surface area contributed by atoms with Gasteiger partial charge >= 0.3 is 10.2 Å². The van der Waals surface area contributed by atoms with Crippen molar-refractivity contribution in [2.24, 2.45) is 0 Å². The summed E-state index contributed by atoms with van der Waals surface area (Å²) in [5.41, 5.74) is -2.19. The average Bonchev–Trinajstić information content (AvgIpc) is 3.08. The molecule has 0 saturated carbocycles. The van der Waals surface area contributed by atoms with Gasteiger partial charge in [-0.2, -0.15) is 14.1 Å². The molecular weight excluding hydrogens is 638 g/mol. The Morgan fingerprint density at radius 1 is 1.03 bits per heavy atom. The number of sulfonamides is 2. The molecule has 0 aliphatic carbocycles. The van der Waals surface area contributed by atoms with Gasteiger partial charge in [-0.25, -0.2) is 21.5 Å². The van der Waals surface area contributed by atoms with Crippen molar-refractivity contribution < 1.29 is 36.3 Å². The Morgan fingerprint density at radius 2 is 1.54 bits per heavy atom. The number of nitrogens with zero attached hydrogens (tertiary/aromatic N) is 5. The van der Waals surface area contributed by atoms with Gasteiger partial charge < -0.3 is 10.2 Å². The maximum absolute atomic E-state index is 13.4. The van der Waals surface area contributed by atoms with Gasteiger partial charge in [-0.1, -0.05) is 49.1 Å². The number of aromatic nitrogens is 2. The molecule has 2 aromatic rings. The normalized spacial score (nSPS) is 17.2. The van der Waals surface area contributed by atoms with Gasteiger partial charge in [-0.05, 0) is 38.1 Å². The summed E-state index contributed by atoms with van der Waals surface area (Å²) in [5.74, 6) is -0.483. The monoisotopic (exact) mass is 660 g/mol. The molecule has 39 heavy (non-hydrogen) atoms. The molecule has 0 atom stereocenters. The summed E-state index contributed by atoms with van der Waals surface area (Å²) in [6.45, 7) is 1.91. The zero-order valence-corrected chi connectivity index (χ0v) is 24.3. The Balaban J connectivity index is 2.28. The van der Waals surface area contributed by atoms with E-state index in [1.165, 1.54) is 0 Å². The van der Waals surface area contributed by atoms with E-state index in [0.29, 0.717) is 23.7 Å². The molecule has 1 saturated heterocycles. The molecular formula is C19H23Cl2F5N6O4S3. The highest BCUT2D eigenvalue weighted by Gasteiger charge is 2.65. The second kappa shape index (κ2) is 9.80. The van der Waals surface area contributed by atoms with Crippen molar-refractivity contribution in [2.75, 3.05) is 47.7 Å². The largest absolute Gasteiger partial charge is 0.367 e. The Kier molecular flexibility index (Phi) is 7.91. The van der Waals surface area contributed by atoms with Crippen LogP contribution in [-0.4, -0.2) is 70.2 Å². The minimum Gasteiger partial charge on any atom is -0.367 e. The molecule has 10 nitrogen and oxygen atoms in total. The summed E-state index contributed by atoms with van der Waals surface area (Å²) in [7, 11) is -19.5. The molecule has 0 amide bonds. The maximum Gasteiger partial charge on any atom is 0.310 e. The SMILES string of the molecule is CS(=O)(=O)N(c1c(C#N)nn(-c2c(Cl)cc(S(F)(F)(F)(F)F)cc2Cl)c1NCCN1CCCCC1)S(C)(=O)=O. The molecule has 0 bridgehead atoms. The van der Waals surface area contributed by atoms with E-state index in [4.69, 9.17) is 23.2 Å². The molecule has 0 spiro atoms. The Bertz CT molecular complexity index is 1500. The van der Waals surface area contributed by atoms with Crippen LogP contribution in [0.1, 0.15) is 25.0 Å². The Hall–Kier alpha value is -2.04. The number of nitrogens with one attached hydrogen (secondary N) is 1. The molecule has 0 unspecified atom stereocenters. The fraction of sp³-hybridized carbons (Fsp3) is 0.474. The smallest absolute Gasteiger partial charge is 0.310 e. The highest BCUT2D eigenvalue weighted by molar-refractivity contribution is 8.45. The molecule has 0 radical (unpaired) electrons. The second-order valence-corrected chi connectivity index (χ2v) is 15.9. The third-order valence-electron chi connectivity index (χ3n) is 5.57. The van der Waals surface area contributed by atoms with Crippen LogP contribution >= 0.6 is 33.4 Å². The van der Waals surface area contributed by atoms with Crippen molar-refractivity contribution in [3.8, 4) is 11.8 Å². The summed E-state index contributed by atoms with van der Waals surface area (Å²) in [5, 5.41) is 14.3. The lowest BCUT2D eigenvalue weighted by Crippen LogP contribution is -2.37. The van der Waals surface area contributed by atoms with E-state index in [1.54, 1.807) is 6.07 Å². The zero-order valence-electron chi connectivity index (χ0n) is 20.3. The Labute approximate surface area is 232 Å². The van der Waals surface area contributed by atoms with E-state index >= 15 is 0 Å². The molecule has 1 aromatic heterocycles. The van der Waals surface area contributed by atoms with Gasteiger partial charge in [0.15, 0.2) is 11.5 Å². The van der Waals surface area contributed by atoms with E-state index < -0.39 is 68.1 Å². The number of hydrogen-bond acceptors (Lipinski definition) is 8. The van der Waals surface area contributed by atoms with E-state index in [9.17, 15) is 41.5 Å². The first-order valence-electron chi connectivity index (χ1n) is 11.0. The lowest BCUT2D eigenvalue weighted by atomic mass is 10.1. The van der Waals surface area contributed by atoms with Crippen LogP contribution in [0.15, 0.2) is 17.0 Å². The highest BCUT2D eigenvalue weighted by atomic mass is 35.5. The number of anilines is 2. The number of nitriles is 1. The highest BCUT2D eigenvalue weighted by Crippen LogP contribution is 3.02. The summed E-state index contributed by atoms with van der Waals surface area (Å²) < 4.78 is 118. The number of benzene rings is 1. The molecule has 1 aromatic carbocycles. The minimum absolute atomic E-state index is 0.0315. The van der Waals surface area contributed by atoms with E-state index in [1.807, 2.05) is 0 Å². The molecule has 20 heteroatoms. The van der Waals surface area contributed by atoms with Crippen LogP contribution in [0.4, 0.5) is 30.9 Å². The topological polar surface area (TPSA) is 128 Å². The summed E-state index contributed by atoms with van der Waals surface area (Å²) in [6.07, 6.45) is 4.00. The number of rotatable bonds is 9. The summed E-state index contributed by atoms with van der Waals surface area (Å²) in [4.78, 5) is -0.341. The fourth-order valence-electron chi connectivity index (χ4n) is 4.04. The Morgan fingerprint density at radius 3 is 1.97 bits per heavy atom. The predicted molar refractivity (Wildman–Crippen MR) is 141 cm³/mol. The van der Waals surface area contributed by atoms with Crippen molar-refractivity contribution in [1.82, 2.24) is 14.7 Å². The van der Waals surface area contributed by atoms with Crippen molar-refractivity contribution in [3.63, 3.8) is 0 Å². The first-order chi connectivity index (χ1) is 17.5. The van der Waals surface area contributed by atoms with Crippen molar-refractivity contribution in [1.29, 1.82) is 5.26 Å². The van der Waals surface area contributed by atoms with Gasteiger partial charge in [0.25, 0.3) is 0 Å². The summed E-state index contributed by atoms with van der Waals surface area (Å²) in [6, 6.07) is 1.38. The molecule has 220 valence electrons. The molecule has 3 rings (SSSR count). The lowest BCUT2D eigenvalue weighted by Gasteiger charge is -2.40. The van der Waals surface area contributed by atoms with Crippen LogP contribution in [0.5, 0.6) is 0 Å². The molecule has 1 N–H and O–H groups in total.